The first kappa shape index (κ1) is 7.36. The summed E-state index contributed by atoms with van der Waals surface area (Å²) in [5.74, 6) is 0. The van der Waals surface area contributed by atoms with Crippen LogP contribution in [0.3, 0.4) is 0 Å². The van der Waals surface area contributed by atoms with Gasteiger partial charge in [-0.25, -0.2) is 5.43 Å². The summed E-state index contributed by atoms with van der Waals surface area (Å²) in [5.41, 5.74) is 1.97. The molecule has 0 bridgehead atoms. The van der Waals surface area contributed by atoms with Crippen LogP contribution in [-0.4, -0.2) is 11.3 Å². The second-order valence-electron chi connectivity index (χ2n) is 1.52. The maximum atomic E-state index is 9.37. The number of nitrogens with one attached hydrogen (secondary N) is 1. The zero-order chi connectivity index (χ0) is 6.41. The molecule has 4 heteroatoms. The first-order valence-electron chi connectivity index (χ1n) is 2.57. The Morgan fingerprint density at radius 2 is 2.50 bits per heavy atom. The monoisotopic (exact) mass is 118 g/mol. The van der Waals surface area contributed by atoms with Gasteiger partial charge < -0.3 is 5.11 Å². The minimum atomic E-state index is -0.766. The number of aliphatic hydroxyl groups excluding tert-OH is 1. The van der Waals surface area contributed by atoms with E-state index in [1.165, 1.54) is 0 Å². The van der Waals surface area contributed by atoms with E-state index in [1.54, 1.807) is 0 Å². The number of nitrogens with zero attached hydrogens (tertiary/aromatic N) is 1. The molecule has 0 radical (unpaired) electrons. The van der Waals surface area contributed by atoms with E-state index in [-0.39, 0.29) is 0 Å². The highest BCUT2D eigenvalue weighted by molar-refractivity contribution is 4.44. The zero-order valence-corrected chi connectivity index (χ0v) is 4.79. The molecule has 0 aromatic heterocycles. The van der Waals surface area contributed by atoms with Crippen molar-refractivity contribution in [2.75, 3.05) is 0 Å². The van der Waals surface area contributed by atoms with Gasteiger partial charge >= 0.3 is 0 Å². The van der Waals surface area contributed by atoms with E-state index < -0.39 is 6.23 Å². The van der Waals surface area contributed by atoms with Gasteiger partial charge in [0, 0.05) is 0 Å². The van der Waals surface area contributed by atoms with Gasteiger partial charge in [-0.15, -0.1) is 4.91 Å². The van der Waals surface area contributed by atoms with Crippen LogP contribution in [0.25, 0.3) is 0 Å². The summed E-state index contributed by atoms with van der Waals surface area (Å²) in [6, 6.07) is 0. The number of aliphatic hydroxyl groups is 1. The Bertz CT molecular complexity index is 67.1. The van der Waals surface area contributed by atoms with Gasteiger partial charge in [-0.05, 0) is 6.42 Å². The van der Waals surface area contributed by atoms with E-state index in [9.17, 15) is 4.91 Å². The highest BCUT2D eigenvalue weighted by Crippen LogP contribution is 1.90. The highest BCUT2D eigenvalue weighted by Gasteiger charge is 1.96. The third kappa shape index (κ3) is 3.55. The molecule has 1 atom stereocenters. The van der Waals surface area contributed by atoms with E-state index in [4.69, 9.17) is 5.11 Å². The molecule has 8 heavy (non-hydrogen) atoms. The Labute approximate surface area is 47.8 Å². The Balaban J connectivity index is 3.03. The predicted molar refractivity (Wildman–Crippen MR) is 29.8 cm³/mol. The van der Waals surface area contributed by atoms with Crippen LogP contribution >= 0.6 is 0 Å². The molecule has 0 spiro atoms. The van der Waals surface area contributed by atoms with Gasteiger partial charge in [0.05, 0.1) is 5.29 Å². The Hall–Kier alpha value is -0.640. The summed E-state index contributed by atoms with van der Waals surface area (Å²) in [4.78, 5) is 9.37. The lowest BCUT2D eigenvalue weighted by atomic mass is 10.3. The molecule has 48 valence electrons. The van der Waals surface area contributed by atoms with Crippen molar-refractivity contribution >= 4 is 0 Å². The van der Waals surface area contributed by atoms with Crippen LogP contribution in [-0.2, 0) is 0 Å². The fourth-order valence-electron chi connectivity index (χ4n) is 0.399. The second-order valence-corrected chi connectivity index (χ2v) is 1.52. The molecule has 1 unspecified atom stereocenters. The van der Waals surface area contributed by atoms with Crippen molar-refractivity contribution in [1.29, 1.82) is 0 Å². The SMILES string of the molecule is CCCC(O)NN=O. The molecule has 0 aliphatic heterocycles. The van der Waals surface area contributed by atoms with Crippen molar-refractivity contribution in [2.45, 2.75) is 26.0 Å². The van der Waals surface area contributed by atoms with Crippen molar-refractivity contribution in [1.82, 2.24) is 5.43 Å². The third-order valence-corrected chi connectivity index (χ3v) is 0.764. The van der Waals surface area contributed by atoms with Crippen LogP contribution in [0, 0.1) is 4.91 Å². The van der Waals surface area contributed by atoms with Crippen LogP contribution in [0.1, 0.15) is 19.8 Å². The molecule has 0 aromatic rings. The standard InChI is InChI=1S/C4H10N2O2/c1-2-3-4(7)5-6-8/h4,7H,2-3H2,1H3,(H,5,8). The van der Waals surface area contributed by atoms with Crippen molar-refractivity contribution in [3.8, 4) is 0 Å². The largest absolute Gasteiger partial charge is 0.372 e. The number of nitroso groups, excluding NO2 is 1. The summed E-state index contributed by atoms with van der Waals surface area (Å²) in [6.45, 7) is 1.91. The molecule has 0 rings (SSSR count). The average Bonchev–Trinajstić information content (AvgIpc) is 1.68. The molecule has 0 fully saturated rings. The fourth-order valence-corrected chi connectivity index (χ4v) is 0.399. The molecule has 0 aliphatic carbocycles. The fraction of sp³-hybridized carbons (Fsp3) is 1.00. The van der Waals surface area contributed by atoms with Crippen molar-refractivity contribution in [2.24, 2.45) is 5.29 Å². The van der Waals surface area contributed by atoms with Gasteiger partial charge in [-0.2, -0.15) is 0 Å². The Morgan fingerprint density at radius 1 is 1.88 bits per heavy atom. The molecule has 0 saturated carbocycles. The molecule has 4 nitrogen and oxygen atoms in total. The lowest BCUT2D eigenvalue weighted by Gasteiger charge is -2.02. The molecule has 0 heterocycles. The van der Waals surface area contributed by atoms with Crippen LogP contribution in [0.15, 0.2) is 5.29 Å². The minimum absolute atomic E-state index is 0.561. The first-order valence-corrected chi connectivity index (χ1v) is 2.57. The summed E-state index contributed by atoms with van der Waals surface area (Å²) in [5, 5.41) is 10.9. The molecule has 0 aromatic carbocycles. The lowest BCUT2D eigenvalue weighted by Crippen LogP contribution is -2.22. The second kappa shape index (κ2) is 4.52. The first-order chi connectivity index (χ1) is 3.81. The molecule has 0 saturated heterocycles. The highest BCUT2D eigenvalue weighted by atomic mass is 16.3. The summed E-state index contributed by atoms with van der Waals surface area (Å²) < 4.78 is 0. The minimum Gasteiger partial charge on any atom is -0.372 e. The van der Waals surface area contributed by atoms with E-state index >= 15 is 0 Å². The number of rotatable bonds is 4. The van der Waals surface area contributed by atoms with Crippen molar-refractivity contribution < 1.29 is 5.11 Å². The molecular formula is C4H10N2O2. The summed E-state index contributed by atoms with van der Waals surface area (Å²) in [7, 11) is 0. The van der Waals surface area contributed by atoms with E-state index in [0.717, 1.165) is 6.42 Å². The Morgan fingerprint density at radius 3 is 2.88 bits per heavy atom. The van der Waals surface area contributed by atoms with Gasteiger partial charge in [0.2, 0.25) is 0 Å². The topological polar surface area (TPSA) is 61.7 Å². The quantitative estimate of drug-likeness (QED) is 0.318. The molecular weight excluding hydrogens is 108 g/mol. The van der Waals surface area contributed by atoms with E-state index in [0.29, 0.717) is 6.42 Å². The van der Waals surface area contributed by atoms with E-state index in [1.807, 2.05) is 12.3 Å². The van der Waals surface area contributed by atoms with Crippen molar-refractivity contribution in [3.05, 3.63) is 4.91 Å². The van der Waals surface area contributed by atoms with Gasteiger partial charge in [-0.3, -0.25) is 0 Å². The number of hydrogen-bond donors (Lipinski definition) is 2. The normalized spacial score (nSPS) is 12.8. The third-order valence-electron chi connectivity index (χ3n) is 0.764. The van der Waals surface area contributed by atoms with Gasteiger partial charge in [0.1, 0.15) is 6.23 Å². The predicted octanol–water partition coefficient (Wildman–Crippen LogP) is 0.376. The zero-order valence-electron chi connectivity index (χ0n) is 4.79. The van der Waals surface area contributed by atoms with Crippen LogP contribution in [0.5, 0.6) is 0 Å². The van der Waals surface area contributed by atoms with E-state index in [2.05, 4.69) is 5.29 Å². The average molecular weight is 118 g/mol. The van der Waals surface area contributed by atoms with Crippen LogP contribution in [0.2, 0.25) is 0 Å². The molecule has 2 N–H and O–H groups in total. The van der Waals surface area contributed by atoms with Gasteiger partial charge in [-0.1, -0.05) is 13.3 Å². The summed E-state index contributed by atoms with van der Waals surface area (Å²) in [6.07, 6.45) is 0.632. The van der Waals surface area contributed by atoms with Gasteiger partial charge in [0.15, 0.2) is 0 Å². The van der Waals surface area contributed by atoms with Gasteiger partial charge in [0.25, 0.3) is 0 Å². The maximum absolute atomic E-state index is 9.37. The summed E-state index contributed by atoms with van der Waals surface area (Å²) >= 11 is 0. The molecule has 0 amide bonds. The van der Waals surface area contributed by atoms with Crippen molar-refractivity contribution in [3.63, 3.8) is 0 Å². The maximum Gasteiger partial charge on any atom is 0.142 e. The number of hydrogen-bond acceptors (Lipinski definition) is 3. The smallest absolute Gasteiger partial charge is 0.142 e. The van der Waals surface area contributed by atoms with Crippen LogP contribution < -0.4 is 5.43 Å². The Kier molecular flexibility index (Phi) is 4.16. The van der Waals surface area contributed by atoms with Crippen LogP contribution in [0.4, 0.5) is 0 Å². The lowest BCUT2D eigenvalue weighted by molar-refractivity contribution is 0.128. The molecule has 0 aliphatic rings.